The van der Waals surface area contributed by atoms with E-state index in [1.54, 1.807) is 0 Å². The molecule has 3 heteroatoms. The molecule has 0 spiro atoms. The van der Waals surface area contributed by atoms with Crippen LogP contribution in [0.4, 0.5) is 11.4 Å². The third kappa shape index (κ3) is 3.73. The van der Waals surface area contributed by atoms with Crippen LogP contribution in [-0.2, 0) is 0 Å². The largest absolute Gasteiger partial charge is 0.456 e. The van der Waals surface area contributed by atoms with Crippen LogP contribution in [0.25, 0.3) is 27.6 Å². The summed E-state index contributed by atoms with van der Waals surface area (Å²) in [4.78, 5) is 5.07. The lowest BCUT2D eigenvalue weighted by Crippen LogP contribution is -2.34. The van der Waals surface area contributed by atoms with E-state index in [0.717, 1.165) is 21.9 Å². The molecule has 0 radical (unpaired) electrons. The van der Waals surface area contributed by atoms with Crippen molar-refractivity contribution in [3.8, 4) is 0 Å². The zero-order valence-corrected chi connectivity index (χ0v) is 23.3. The predicted molar refractivity (Wildman–Crippen MR) is 168 cm³/mol. The SMILES string of the molecule is CC1=C(c2ccccc2)N(c2ccccc2)C(c2c(C)cccc2C)N1c1cc2c(cc1C)oc1ccccc12. The van der Waals surface area contributed by atoms with Gasteiger partial charge in [0.2, 0.25) is 0 Å². The van der Waals surface area contributed by atoms with Crippen LogP contribution in [0.3, 0.4) is 0 Å². The van der Waals surface area contributed by atoms with E-state index in [0.29, 0.717) is 0 Å². The Morgan fingerprint density at radius 1 is 0.550 bits per heavy atom. The van der Waals surface area contributed by atoms with E-state index < -0.39 is 0 Å². The molecule has 1 aliphatic heterocycles. The van der Waals surface area contributed by atoms with Gasteiger partial charge in [-0.1, -0.05) is 84.9 Å². The number of benzene rings is 5. The molecule has 0 saturated carbocycles. The number of furan rings is 1. The first-order valence-corrected chi connectivity index (χ1v) is 13.9. The lowest BCUT2D eigenvalue weighted by atomic mass is 9.97. The van der Waals surface area contributed by atoms with Crippen molar-refractivity contribution < 1.29 is 4.42 Å². The molecule has 1 atom stereocenters. The molecule has 1 unspecified atom stereocenters. The fourth-order valence-corrected chi connectivity index (χ4v) is 6.44. The summed E-state index contributed by atoms with van der Waals surface area (Å²) < 4.78 is 6.27. The van der Waals surface area contributed by atoms with Gasteiger partial charge in [0.1, 0.15) is 17.3 Å². The van der Waals surface area contributed by atoms with Gasteiger partial charge in [0, 0.05) is 33.4 Å². The van der Waals surface area contributed by atoms with E-state index in [1.165, 1.54) is 50.6 Å². The zero-order valence-electron chi connectivity index (χ0n) is 23.3. The average Bonchev–Trinajstić information content (AvgIpc) is 3.47. The summed E-state index contributed by atoms with van der Waals surface area (Å²) in [6.07, 6.45) is -0.0619. The highest BCUT2D eigenvalue weighted by atomic mass is 16.3. The maximum atomic E-state index is 6.27. The minimum Gasteiger partial charge on any atom is -0.456 e. The number of rotatable bonds is 4. The summed E-state index contributed by atoms with van der Waals surface area (Å²) in [6, 6.07) is 41.1. The van der Waals surface area contributed by atoms with Crippen LogP contribution in [0.1, 0.15) is 40.9 Å². The molecule has 40 heavy (non-hydrogen) atoms. The summed E-state index contributed by atoms with van der Waals surface area (Å²) >= 11 is 0. The highest BCUT2D eigenvalue weighted by Gasteiger charge is 2.41. The second kappa shape index (κ2) is 9.46. The first-order chi connectivity index (χ1) is 19.5. The second-order valence-electron chi connectivity index (χ2n) is 10.8. The average molecular weight is 521 g/mol. The molecule has 7 rings (SSSR count). The minimum atomic E-state index is -0.0619. The van der Waals surface area contributed by atoms with Crippen molar-refractivity contribution in [3.05, 3.63) is 149 Å². The highest BCUT2D eigenvalue weighted by Crippen LogP contribution is 2.51. The van der Waals surface area contributed by atoms with Crippen molar-refractivity contribution >= 4 is 39.0 Å². The van der Waals surface area contributed by atoms with E-state index in [9.17, 15) is 0 Å². The van der Waals surface area contributed by atoms with Crippen molar-refractivity contribution in [2.75, 3.05) is 9.80 Å². The van der Waals surface area contributed by atoms with Gasteiger partial charge >= 0.3 is 0 Å². The van der Waals surface area contributed by atoms with Crippen LogP contribution >= 0.6 is 0 Å². The van der Waals surface area contributed by atoms with Crippen molar-refractivity contribution in [2.45, 2.75) is 33.9 Å². The van der Waals surface area contributed by atoms with E-state index >= 15 is 0 Å². The molecule has 0 amide bonds. The quantitative estimate of drug-likeness (QED) is 0.231. The normalized spacial score (nSPS) is 15.6. The molecule has 6 aromatic rings. The summed E-state index contributed by atoms with van der Waals surface area (Å²) in [5.41, 5.74) is 12.9. The molecular weight excluding hydrogens is 488 g/mol. The Balaban J connectivity index is 1.56. The van der Waals surface area contributed by atoms with E-state index in [-0.39, 0.29) is 6.17 Å². The molecule has 1 aromatic heterocycles. The smallest absolute Gasteiger partial charge is 0.137 e. The summed E-state index contributed by atoms with van der Waals surface area (Å²) in [5.74, 6) is 0. The van der Waals surface area contributed by atoms with Gasteiger partial charge < -0.3 is 14.2 Å². The Hall–Kier alpha value is -4.76. The van der Waals surface area contributed by atoms with E-state index in [4.69, 9.17) is 4.42 Å². The van der Waals surface area contributed by atoms with E-state index in [2.05, 4.69) is 147 Å². The van der Waals surface area contributed by atoms with Gasteiger partial charge in [-0.3, -0.25) is 0 Å². The molecule has 2 heterocycles. The fraction of sp³-hybridized carbons (Fsp3) is 0.135. The Morgan fingerprint density at radius 3 is 1.93 bits per heavy atom. The predicted octanol–water partition coefficient (Wildman–Crippen LogP) is 9.93. The molecule has 5 aromatic carbocycles. The van der Waals surface area contributed by atoms with Crippen LogP contribution < -0.4 is 9.80 Å². The number of fused-ring (bicyclic) bond motifs is 3. The summed E-state index contributed by atoms with van der Waals surface area (Å²) in [6.45, 7) is 8.94. The van der Waals surface area contributed by atoms with Gasteiger partial charge in [0.05, 0.1) is 5.70 Å². The van der Waals surface area contributed by atoms with Gasteiger partial charge in [-0.2, -0.15) is 0 Å². The van der Waals surface area contributed by atoms with Crippen LogP contribution in [-0.4, -0.2) is 0 Å². The molecule has 196 valence electrons. The highest BCUT2D eigenvalue weighted by molar-refractivity contribution is 6.07. The number of hydrogen-bond acceptors (Lipinski definition) is 3. The minimum absolute atomic E-state index is 0.0619. The first kappa shape index (κ1) is 24.3. The number of nitrogens with zero attached hydrogens (tertiary/aromatic N) is 2. The lowest BCUT2D eigenvalue weighted by molar-refractivity contribution is 0.668. The van der Waals surface area contributed by atoms with Crippen LogP contribution in [0.5, 0.6) is 0 Å². The van der Waals surface area contributed by atoms with Crippen LogP contribution in [0.15, 0.2) is 125 Å². The number of para-hydroxylation sites is 2. The summed E-state index contributed by atoms with van der Waals surface area (Å²) in [5, 5.41) is 2.29. The van der Waals surface area contributed by atoms with Crippen molar-refractivity contribution in [1.29, 1.82) is 0 Å². The van der Waals surface area contributed by atoms with Crippen LogP contribution in [0, 0.1) is 20.8 Å². The molecule has 1 aliphatic rings. The molecule has 0 aliphatic carbocycles. The van der Waals surface area contributed by atoms with Gasteiger partial charge in [-0.25, -0.2) is 0 Å². The molecule has 0 N–H and O–H groups in total. The lowest BCUT2D eigenvalue weighted by Gasteiger charge is -2.37. The zero-order chi connectivity index (χ0) is 27.4. The number of aryl methyl sites for hydroxylation is 3. The molecule has 0 fully saturated rings. The Morgan fingerprint density at radius 2 is 1.20 bits per heavy atom. The van der Waals surface area contributed by atoms with Crippen molar-refractivity contribution in [2.24, 2.45) is 0 Å². The molecule has 0 bridgehead atoms. The van der Waals surface area contributed by atoms with Gasteiger partial charge in [0.15, 0.2) is 0 Å². The Bertz CT molecular complexity index is 1880. The Kier molecular flexibility index (Phi) is 5.74. The summed E-state index contributed by atoms with van der Waals surface area (Å²) in [7, 11) is 0. The third-order valence-corrected chi connectivity index (χ3v) is 8.27. The maximum Gasteiger partial charge on any atom is 0.137 e. The first-order valence-electron chi connectivity index (χ1n) is 13.9. The topological polar surface area (TPSA) is 19.6 Å². The van der Waals surface area contributed by atoms with E-state index in [1.807, 2.05) is 6.07 Å². The van der Waals surface area contributed by atoms with Gasteiger partial charge in [0.25, 0.3) is 0 Å². The number of anilines is 2. The number of hydrogen-bond donors (Lipinski definition) is 0. The standard InChI is InChI=1S/C37H32N2O/c1-24-14-13-15-25(2)35(24)37-38(32-23-31-30-20-11-12-21-33(30)40-34(31)22-26(32)3)27(4)36(28-16-7-5-8-17-28)39(37)29-18-9-6-10-19-29/h5-23,37H,1-4H3. The molecule has 3 nitrogen and oxygen atoms in total. The Labute approximate surface area is 235 Å². The number of allylic oxidation sites excluding steroid dienone is 1. The second-order valence-corrected chi connectivity index (χ2v) is 10.8. The third-order valence-electron chi connectivity index (χ3n) is 8.27. The fourth-order valence-electron chi connectivity index (χ4n) is 6.44. The maximum absolute atomic E-state index is 6.27. The molecule has 0 saturated heterocycles. The van der Waals surface area contributed by atoms with Crippen LogP contribution in [0.2, 0.25) is 0 Å². The molecular formula is C37H32N2O. The van der Waals surface area contributed by atoms with Gasteiger partial charge in [-0.05, 0) is 80.3 Å². The van der Waals surface area contributed by atoms with Gasteiger partial charge in [-0.15, -0.1) is 0 Å². The van der Waals surface area contributed by atoms with Crippen molar-refractivity contribution in [1.82, 2.24) is 0 Å². The monoisotopic (exact) mass is 520 g/mol. The van der Waals surface area contributed by atoms with Crippen molar-refractivity contribution in [3.63, 3.8) is 0 Å².